The zero-order valence-electron chi connectivity index (χ0n) is 11.5. The van der Waals surface area contributed by atoms with Gasteiger partial charge in [-0.15, -0.1) is 0 Å². The molecule has 2 heterocycles. The Hall–Kier alpha value is -2.92. The molecule has 0 radical (unpaired) electrons. The average molecular weight is 334 g/mol. The highest BCUT2D eigenvalue weighted by atomic mass is 19.4. The Bertz CT molecular complexity index is 683. The normalized spacial score (nSPS) is 15.6. The molecule has 0 unspecified atom stereocenters. The fraction of sp³-hybridized carbons (Fsp3) is 0.364. The van der Waals surface area contributed by atoms with Crippen molar-refractivity contribution in [2.75, 3.05) is 18.4 Å². The van der Waals surface area contributed by atoms with E-state index in [1.807, 2.05) is 0 Å². The van der Waals surface area contributed by atoms with E-state index in [9.17, 15) is 32.3 Å². The van der Waals surface area contributed by atoms with Crippen molar-refractivity contribution in [1.29, 1.82) is 0 Å². The smallest absolute Gasteiger partial charge is 0.360 e. The highest BCUT2D eigenvalue weighted by Crippen LogP contribution is 2.21. The van der Waals surface area contributed by atoms with Gasteiger partial charge in [0.25, 0.3) is 0 Å². The van der Waals surface area contributed by atoms with Gasteiger partial charge in [0.1, 0.15) is 18.8 Å². The van der Waals surface area contributed by atoms with Crippen LogP contribution >= 0.6 is 0 Å². The second-order valence-electron chi connectivity index (χ2n) is 4.55. The number of hydrogen-bond donors (Lipinski definition) is 1. The Labute approximate surface area is 126 Å². The van der Waals surface area contributed by atoms with E-state index in [1.54, 1.807) is 6.92 Å². The van der Waals surface area contributed by atoms with Crippen LogP contribution in [0.3, 0.4) is 0 Å². The van der Waals surface area contributed by atoms with Gasteiger partial charge in [-0.05, 0) is 6.92 Å². The number of anilines is 1. The Morgan fingerprint density at radius 2 is 1.87 bits per heavy atom. The Morgan fingerprint density at radius 1 is 1.26 bits per heavy atom. The van der Waals surface area contributed by atoms with Gasteiger partial charge in [-0.2, -0.15) is 13.2 Å². The van der Waals surface area contributed by atoms with Crippen LogP contribution in [0.25, 0.3) is 0 Å². The van der Waals surface area contributed by atoms with Crippen LogP contribution in [-0.4, -0.2) is 58.0 Å². The zero-order valence-corrected chi connectivity index (χ0v) is 11.5. The summed E-state index contributed by atoms with van der Waals surface area (Å²) < 4.78 is 41.5. The fourth-order valence-electron chi connectivity index (χ4n) is 1.76. The van der Waals surface area contributed by atoms with E-state index in [2.05, 4.69) is 15.0 Å². The summed E-state index contributed by atoms with van der Waals surface area (Å²) in [7, 11) is 0. The van der Waals surface area contributed by atoms with Gasteiger partial charge in [-0.3, -0.25) is 14.4 Å². The maximum Gasteiger partial charge on any atom is 0.406 e. The maximum absolute atomic E-state index is 12.3. The number of halogens is 3. The van der Waals surface area contributed by atoms with Crippen molar-refractivity contribution in [3.8, 4) is 0 Å². The molecule has 0 bridgehead atoms. The van der Waals surface area contributed by atoms with Gasteiger partial charge in [0.05, 0.1) is 0 Å². The van der Waals surface area contributed by atoms with Crippen molar-refractivity contribution >= 4 is 29.6 Å². The molecule has 1 aliphatic rings. The summed E-state index contributed by atoms with van der Waals surface area (Å²) in [4.78, 5) is 46.2. The number of amides is 5. The molecule has 12 heteroatoms. The summed E-state index contributed by atoms with van der Waals surface area (Å²) >= 11 is 0. The Morgan fingerprint density at radius 3 is 2.39 bits per heavy atom. The van der Waals surface area contributed by atoms with Crippen molar-refractivity contribution in [2.45, 2.75) is 13.1 Å². The lowest BCUT2D eigenvalue weighted by Crippen LogP contribution is -2.41. The highest BCUT2D eigenvalue weighted by Gasteiger charge is 2.49. The van der Waals surface area contributed by atoms with Gasteiger partial charge in [0.2, 0.25) is 5.91 Å². The number of aromatic nitrogens is 1. The summed E-state index contributed by atoms with van der Waals surface area (Å²) in [5.41, 5.74) is 0. The minimum absolute atomic E-state index is 0.00920. The van der Waals surface area contributed by atoms with Crippen molar-refractivity contribution in [1.82, 2.24) is 15.0 Å². The van der Waals surface area contributed by atoms with Crippen LogP contribution in [0.2, 0.25) is 0 Å². The first-order valence-corrected chi connectivity index (χ1v) is 6.06. The van der Waals surface area contributed by atoms with Crippen LogP contribution in [0.4, 0.5) is 23.8 Å². The number of rotatable bonds is 4. The van der Waals surface area contributed by atoms with Crippen molar-refractivity contribution in [3.63, 3.8) is 0 Å². The molecule has 9 nitrogen and oxygen atoms in total. The lowest BCUT2D eigenvalue weighted by atomic mass is 10.4. The van der Waals surface area contributed by atoms with Crippen molar-refractivity contribution in [2.24, 2.45) is 0 Å². The topological polar surface area (TPSA) is 113 Å². The molecule has 1 aromatic heterocycles. The van der Waals surface area contributed by atoms with Gasteiger partial charge in [-0.25, -0.2) is 14.6 Å². The minimum Gasteiger partial charge on any atom is -0.360 e. The number of alkyl halides is 3. The van der Waals surface area contributed by atoms with Gasteiger partial charge in [0, 0.05) is 6.07 Å². The number of imide groups is 2. The van der Waals surface area contributed by atoms with E-state index in [0.717, 1.165) is 0 Å². The standard InChI is InChI=1S/C11H9F3N4O5/c1-5-2-6(16-23-5)15-7(19)3-17-8(20)9(21)18(10(17)22)4-11(12,13)14/h2H,3-4H2,1H3,(H,15,16,19). The molecular weight excluding hydrogens is 325 g/mol. The highest BCUT2D eigenvalue weighted by molar-refractivity contribution is 6.45. The van der Waals surface area contributed by atoms with Crippen molar-refractivity contribution in [3.05, 3.63) is 11.8 Å². The molecule has 5 amide bonds. The van der Waals surface area contributed by atoms with E-state index >= 15 is 0 Å². The molecule has 23 heavy (non-hydrogen) atoms. The number of carbonyl (C=O) groups is 4. The monoisotopic (exact) mass is 334 g/mol. The maximum atomic E-state index is 12.3. The average Bonchev–Trinajstić information content (AvgIpc) is 2.90. The Balaban J connectivity index is 2.05. The lowest BCUT2D eigenvalue weighted by Gasteiger charge is -2.16. The summed E-state index contributed by atoms with van der Waals surface area (Å²) in [5.74, 6) is -3.71. The number of nitrogens with zero attached hydrogens (tertiary/aromatic N) is 3. The zero-order chi connectivity index (χ0) is 17.4. The van der Waals surface area contributed by atoms with Crippen LogP contribution in [0.5, 0.6) is 0 Å². The number of aryl methyl sites for hydroxylation is 1. The minimum atomic E-state index is -4.86. The Kier molecular flexibility index (Phi) is 4.08. The van der Waals surface area contributed by atoms with E-state index in [4.69, 9.17) is 0 Å². The molecule has 1 aromatic rings. The third kappa shape index (κ3) is 3.64. The first kappa shape index (κ1) is 16.5. The second-order valence-corrected chi connectivity index (χ2v) is 4.55. The van der Waals surface area contributed by atoms with E-state index < -0.39 is 43.0 Å². The summed E-state index contributed by atoms with van der Waals surface area (Å²) in [5, 5.41) is 5.59. The SMILES string of the molecule is Cc1cc(NC(=O)CN2C(=O)C(=O)N(CC(F)(F)F)C2=O)no1. The second kappa shape index (κ2) is 5.70. The molecular formula is C11H9F3N4O5. The molecule has 0 aliphatic carbocycles. The van der Waals surface area contributed by atoms with Crippen LogP contribution in [0.1, 0.15) is 5.76 Å². The lowest BCUT2D eigenvalue weighted by molar-refractivity contribution is -0.156. The van der Waals surface area contributed by atoms with Gasteiger partial charge in [-0.1, -0.05) is 5.16 Å². The number of urea groups is 1. The molecule has 1 saturated heterocycles. The predicted octanol–water partition coefficient (Wildman–Crippen LogP) is 0.275. The van der Waals surface area contributed by atoms with Gasteiger partial charge in [0.15, 0.2) is 5.82 Å². The molecule has 124 valence electrons. The summed E-state index contributed by atoms with van der Waals surface area (Å²) in [6, 6.07) is -0.170. The number of nitrogens with one attached hydrogen (secondary N) is 1. The molecule has 0 aromatic carbocycles. The quantitative estimate of drug-likeness (QED) is 0.625. The summed E-state index contributed by atoms with van der Waals surface area (Å²) in [6.45, 7) is -1.29. The van der Waals surface area contributed by atoms with Crippen LogP contribution in [-0.2, 0) is 14.4 Å². The van der Waals surface area contributed by atoms with Gasteiger partial charge < -0.3 is 9.84 Å². The molecule has 2 rings (SSSR count). The van der Waals surface area contributed by atoms with E-state index in [1.165, 1.54) is 6.07 Å². The molecule has 1 N–H and O–H groups in total. The fourth-order valence-corrected chi connectivity index (χ4v) is 1.76. The van der Waals surface area contributed by atoms with Crippen molar-refractivity contribution < 1.29 is 36.9 Å². The third-order valence-corrected chi connectivity index (χ3v) is 2.67. The predicted molar refractivity (Wildman–Crippen MR) is 64.7 cm³/mol. The molecule has 0 saturated carbocycles. The first-order chi connectivity index (χ1) is 10.6. The molecule has 1 fully saturated rings. The number of hydrogen-bond acceptors (Lipinski definition) is 6. The molecule has 0 spiro atoms. The van der Waals surface area contributed by atoms with E-state index in [-0.39, 0.29) is 15.6 Å². The first-order valence-electron chi connectivity index (χ1n) is 6.06. The van der Waals surface area contributed by atoms with Crippen LogP contribution in [0, 0.1) is 6.92 Å². The summed E-state index contributed by atoms with van der Waals surface area (Å²) in [6.07, 6.45) is -4.86. The molecule has 0 atom stereocenters. The van der Waals surface area contributed by atoms with Gasteiger partial charge >= 0.3 is 24.0 Å². The largest absolute Gasteiger partial charge is 0.406 e. The van der Waals surface area contributed by atoms with E-state index in [0.29, 0.717) is 5.76 Å². The third-order valence-electron chi connectivity index (χ3n) is 2.67. The van der Waals surface area contributed by atoms with Crippen LogP contribution in [0.15, 0.2) is 10.6 Å². The molecule has 1 aliphatic heterocycles. The van der Waals surface area contributed by atoms with Crippen LogP contribution < -0.4 is 5.32 Å². The number of carbonyl (C=O) groups excluding carboxylic acids is 4.